The highest BCUT2D eigenvalue weighted by molar-refractivity contribution is 7.54. The standard InChI is InChI=1S/C42H49N6O7P/c1-3-54-56(52,55-4-2)41(43-25-32-14-8-5-9-15-32)35-20-22-38(23-21-35)53-31-36-28-48(45-44-36)37-24-39(42(50)51)47(29-37)40(49)30-46(26-33-16-10-6-11-17-33)27-34-18-12-7-13-19-34/h5-23,28,37,39,41,43H,3-4,24-27,29-31H2,1-2H3,(H,50,51)/t37-,39-,41?/m0/s1. The lowest BCUT2D eigenvalue weighted by molar-refractivity contribution is -0.148. The van der Waals surface area contributed by atoms with Crippen molar-refractivity contribution in [2.45, 2.75) is 64.4 Å². The van der Waals surface area contributed by atoms with Gasteiger partial charge in [0.25, 0.3) is 0 Å². The van der Waals surface area contributed by atoms with E-state index in [2.05, 4.69) is 15.6 Å². The van der Waals surface area contributed by atoms with Crippen LogP contribution in [0.3, 0.4) is 0 Å². The fraction of sp³-hybridized carbons (Fsp3) is 0.333. The molecule has 6 rings (SSSR count). The first-order valence-electron chi connectivity index (χ1n) is 18.9. The number of benzene rings is 4. The van der Waals surface area contributed by atoms with Gasteiger partial charge < -0.3 is 23.8 Å². The number of hydrogen-bond donors (Lipinski definition) is 2. The highest BCUT2D eigenvalue weighted by atomic mass is 31.2. The van der Waals surface area contributed by atoms with Crippen LogP contribution in [0.25, 0.3) is 0 Å². The second-order valence-corrected chi connectivity index (χ2v) is 15.7. The minimum Gasteiger partial charge on any atom is -0.487 e. The van der Waals surface area contributed by atoms with Crippen LogP contribution in [0.4, 0.5) is 0 Å². The molecule has 0 spiro atoms. The van der Waals surface area contributed by atoms with Crippen LogP contribution in [-0.2, 0) is 49.4 Å². The van der Waals surface area contributed by atoms with E-state index < -0.39 is 25.4 Å². The molecule has 1 amide bonds. The van der Waals surface area contributed by atoms with E-state index in [0.29, 0.717) is 31.1 Å². The molecule has 13 nitrogen and oxygen atoms in total. The number of nitrogens with zero attached hydrogens (tertiary/aromatic N) is 5. The smallest absolute Gasteiger partial charge is 0.351 e. The minimum atomic E-state index is -3.57. The number of amides is 1. The van der Waals surface area contributed by atoms with Crippen molar-refractivity contribution in [3.8, 4) is 5.75 Å². The van der Waals surface area contributed by atoms with Crippen molar-refractivity contribution in [1.29, 1.82) is 0 Å². The fourth-order valence-electron chi connectivity index (χ4n) is 6.88. The number of carbonyl (C=O) groups excluding carboxylic acids is 1. The minimum absolute atomic E-state index is 0.0637. The lowest BCUT2D eigenvalue weighted by Crippen LogP contribution is -2.45. The van der Waals surface area contributed by atoms with Crippen molar-refractivity contribution < 1.29 is 33.0 Å². The number of nitrogens with one attached hydrogen (secondary N) is 1. The number of carbonyl (C=O) groups is 2. The van der Waals surface area contributed by atoms with Gasteiger partial charge in [-0.3, -0.25) is 19.6 Å². The third-order valence-electron chi connectivity index (χ3n) is 9.53. The Morgan fingerprint density at radius 1 is 0.857 bits per heavy atom. The molecule has 0 radical (unpaired) electrons. The van der Waals surface area contributed by atoms with Crippen molar-refractivity contribution in [2.75, 3.05) is 26.3 Å². The second-order valence-electron chi connectivity index (χ2n) is 13.6. The first kappa shape index (κ1) is 40.5. The zero-order valence-electron chi connectivity index (χ0n) is 31.7. The number of carboxylic acids is 1. The summed E-state index contributed by atoms with van der Waals surface area (Å²) in [5.74, 6) is -1.45. The van der Waals surface area contributed by atoms with Gasteiger partial charge >= 0.3 is 13.6 Å². The molecular weight excluding hydrogens is 731 g/mol. The molecule has 1 fully saturated rings. The van der Waals surface area contributed by atoms with E-state index >= 15 is 0 Å². The molecule has 1 unspecified atom stereocenters. The van der Waals surface area contributed by atoms with Crippen LogP contribution in [0.2, 0.25) is 0 Å². The van der Waals surface area contributed by atoms with Crippen molar-refractivity contribution >= 4 is 19.5 Å². The summed E-state index contributed by atoms with van der Waals surface area (Å²) in [5, 5.41) is 22.1. The normalized spacial score (nSPS) is 16.2. The highest BCUT2D eigenvalue weighted by Gasteiger charge is 2.41. The molecule has 1 saturated heterocycles. The maximum absolute atomic E-state index is 13.9. The van der Waals surface area contributed by atoms with Crippen LogP contribution in [0, 0.1) is 0 Å². The van der Waals surface area contributed by atoms with Crippen LogP contribution in [0.15, 0.2) is 121 Å². The molecule has 5 aromatic rings. The Bertz CT molecular complexity index is 1980. The zero-order chi connectivity index (χ0) is 39.3. The third-order valence-corrected chi connectivity index (χ3v) is 11.9. The summed E-state index contributed by atoms with van der Waals surface area (Å²) in [6, 6.07) is 35.5. The van der Waals surface area contributed by atoms with Crippen molar-refractivity contribution in [2.24, 2.45) is 0 Å². The van der Waals surface area contributed by atoms with E-state index in [4.69, 9.17) is 13.8 Å². The van der Waals surface area contributed by atoms with Crippen molar-refractivity contribution in [3.05, 3.63) is 149 Å². The quantitative estimate of drug-likeness (QED) is 0.0800. The van der Waals surface area contributed by atoms with Gasteiger partial charge in [0.2, 0.25) is 5.91 Å². The lowest BCUT2D eigenvalue weighted by Gasteiger charge is -2.27. The molecule has 4 aromatic carbocycles. The monoisotopic (exact) mass is 780 g/mol. The Labute approximate surface area is 327 Å². The van der Waals surface area contributed by atoms with Crippen molar-refractivity contribution in [1.82, 2.24) is 30.1 Å². The summed E-state index contributed by atoms with van der Waals surface area (Å²) in [6.07, 6.45) is 1.93. The predicted molar refractivity (Wildman–Crippen MR) is 211 cm³/mol. The third kappa shape index (κ3) is 10.8. The van der Waals surface area contributed by atoms with Crippen LogP contribution in [-0.4, -0.2) is 74.1 Å². The first-order valence-corrected chi connectivity index (χ1v) is 20.5. The Hall–Kier alpha value is -5.17. The van der Waals surface area contributed by atoms with Crippen molar-refractivity contribution in [3.63, 3.8) is 0 Å². The molecule has 0 bridgehead atoms. The van der Waals surface area contributed by atoms with E-state index in [1.807, 2.05) is 108 Å². The highest BCUT2D eigenvalue weighted by Crippen LogP contribution is 2.59. The number of ether oxygens (including phenoxy) is 1. The number of aliphatic carboxylic acids is 1. The molecule has 1 aliphatic heterocycles. The van der Waals surface area contributed by atoms with Crippen LogP contribution in [0.5, 0.6) is 5.75 Å². The number of likely N-dealkylation sites (tertiary alicyclic amines) is 1. The summed E-state index contributed by atoms with van der Waals surface area (Å²) in [7, 11) is -3.57. The molecule has 0 saturated carbocycles. The summed E-state index contributed by atoms with van der Waals surface area (Å²) in [6.45, 7) is 5.95. The molecule has 2 N–H and O–H groups in total. The second kappa shape index (κ2) is 19.6. The molecule has 2 heterocycles. The largest absolute Gasteiger partial charge is 0.487 e. The van der Waals surface area contributed by atoms with Gasteiger partial charge in [0.05, 0.1) is 32.0 Å². The Balaban J connectivity index is 1.09. The molecule has 0 aliphatic carbocycles. The summed E-state index contributed by atoms with van der Waals surface area (Å²) in [4.78, 5) is 29.7. The van der Waals surface area contributed by atoms with E-state index in [1.54, 1.807) is 36.9 Å². The molecule has 294 valence electrons. The summed E-state index contributed by atoms with van der Waals surface area (Å²) < 4.78 is 33.0. The number of hydrogen-bond acceptors (Lipinski definition) is 10. The zero-order valence-corrected chi connectivity index (χ0v) is 32.6. The van der Waals surface area contributed by atoms with Gasteiger partial charge in [-0.2, -0.15) is 0 Å². The van der Waals surface area contributed by atoms with Gasteiger partial charge in [0.15, 0.2) is 0 Å². The summed E-state index contributed by atoms with van der Waals surface area (Å²) in [5.41, 5.74) is 4.42. The van der Waals surface area contributed by atoms with Gasteiger partial charge in [0.1, 0.15) is 29.9 Å². The maximum Gasteiger partial charge on any atom is 0.351 e. The SMILES string of the molecule is CCOP(=O)(OCC)C(NCc1ccccc1)c1ccc(OCc2cn([C@H]3C[C@@H](C(=O)O)N(C(=O)CN(Cc4ccccc4)Cc4ccccc4)C3)nn2)cc1. The van der Waals surface area contributed by atoms with Gasteiger partial charge in [-0.15, -0.1) is 5.10 Å². The Kier molecular flexibility index (Phi) is 14.2. The average Bonchev–Trinajstić information content (AvgIpc) is 3.88. The van der Waals surface area contributed by atoms with E-state index in [1.165, 1.54) is 4.90 Å². The number of carboxylic acid groups (broad SMARTS) is 1. The van der Waals surface area contributed by atoms with Crippen LogP contribution >= 0.6 is 7.60 Å². The van der Waals surface area contributed by atoms with E-state index in [-0.39, 0.29) is 51.3 Å². The Morgan fingerprint density at radius 3 is 1.98 bits per heavy atom. The van der Waals surface area contributed by atoms with E-state index in [0.717, 1.165) is 22.3 Å². The number of rotatable bonds is 20. The van der Waals surface area contributed by atoms with Gasteiger partial charge in [-0.1, -0.05) is 108 Å². The van der Waals surface area contributed by atoms with Gasteiger partial charge in [-0.25, -0.2) is 9.48 Å². The fourth-order valence-corrected chi connectivity index (χ4v) is 8.82. The van der Waals surface area contributed by atoms with E-state index in [9.17, 15) is 19.3 Å². The average molecular weight is 781 g/mol. The molecular formula is C42H49N6O7P. The van der Waals surface area contributed by atoms with Gasteiger partial charge in [-0.05, 0) is 48.2 Å². The topological polar surface area (TPSA) is 148 Å². The number of aromatic nitrogens is 3. The summed E-state index contributed by atoms with van der Waals surface area (Å²) >= 11 is 0. The van der Waals surface area contributed by atoms with Crippen LogP contribution < -0.4 is 10.1 Å². The predicted octanol–water partition coefficient (Wildman–Crippen LogP) is 6.84. The van der Waals surface area contributed by atoms with Crippen LogP contribution in [0.1, 0.15) is 60.0 Å². The molecule has 3 atom stereocenters. The van der Waals surface area contributed by atoms with Gasteiger partial charge in [0, 0.05) is 32.6 Å². The Morgan fingerprint density at radius 2 is 1.43 bits per heavy atom. The first-order chi connectivity index (χ1) is 27.2. The molecule has 56 heavy (non-hydrogen) atoms. The molecule has 1 aromatic heterocycles. The molecule has 14 heteroatoms. The lowest BCUT2D eigenvalue weighted by atomic mass is 10.1. The maximum atomic E-state index is 13.9. The molecule has 1 aliphatic rings.